The molecular weight excluding hydrogens is 362 g/mol. The largest absolute Gasteiger partial charge is 0.395 e. The number of fused-ring (bicyclic) bond motifs is 3. The highest BCUT2D eigenvalue weighted by atomic mass is 35.5. The van der Waals surface area contributed by atoms with Crippen LogP contribution in [-0.2, 0) is 6.54 Å². The lowest BCUT2D eigenvalue weighted by atomic mass is 10.2. The lowest BCUT2D eigenvalue weighted by Gasteiger charge is -2.22. The van der Waals surface area contributed by atoms with Crippen LogP contribution in [0.5, 0.6) is 0 Å². The first-order valence-corrected chi connectivity index (χ1v) is 9.76. The molecule has 0 saturated carbocycles. The molecule has 2 fully saturated rings. The topological polar surface area (TPSA) is 57.4 Å². The molecule has 5 rings (SSSR count). The molecule has 7 heteroatoms. The maximum absolute atomic E-state index is 9.63. The molecule has 0 spiro atoms. The Labute approximate surface area is 165 Å². The number of aliphatic hydroxyl groups is 1. The van der Waals surface area contributed by atoms with E-state index in [0.29, 0.717) is 6.54 Å². The number of para-hydroxylation sites is 1. The molecule has 0 bridgehead atoms. The van der Waals surface area contributed by atoms with Crippen LogP contribution in [0, 0.1) is 0 Å². The molecule has 1 aromatic carbocycles. The van der Waals surface area contributed by atoms with E-state index in [1.165, 1.54) is 31.1 Å². The molecule has 1 N–H and O–H groups in total. The molecule has 27 heavy (non-hydrogen) atoms. The number of rotatable bonds is 4. The number of hydrogen-bond donors (Lipinski definition) is 1. The minimum Gasteiger partial charge on any atom is -0.395 e. The SMILES string of the molecule is Cl.OCCn1c2ccccc2c2c(N3CCCC3)nc(N3CCCC3)nc21. The van der Waals surface area contributed by atoms with Crippen LogP contribution in [0.4, 0.5) is 11.8 Å². The monoisotopic (exact) mass is 387 g/mol. The van der Waals surface area contributed by atoms with Gasteiger partial charge in [0.2, 0.25) is 5.95 Å². The molecule has 0 radical (unpaired) electrons. The van der Waals surface area contributed by atoms with Crippen molar-refractivity contribution in [2.24, 2.45) is 0 Å². The molecule has 4 heterocycles. The van der Waals surface area contributed by atoms with Gasteiger partial charge in [0.25, 0.3) is 0 Å². The van der Waals surface area contributed by atoms with Crippen LogP contribution >= 0.6 is 12.4 Å². The van der Waals surface area contributed by atoms with Crippen LogP contribution in [0.3, 0.4) is 0 Å². The fourth-order valence-corrected chi connectivity index (χ4v) is 4.44. The number of halogens is 1. The molecule has 6 nitrogen and oxygen atoms in total. The van der Waals surface area contributed by atoms with Gasteiger partial charge in [-0.1, -0.05) is 18.2 Å². The molecule has 0 atom stereocenters. The van der Waals surface area contributed by atoms with E-state index in [9.17, 15) is 5.11 Å². The molecule has 2 aliphatic heterocycles. The van der Waals surface area contributed by atoms with E-state index in [-0.39, 0.29) is 19.0 Å². The van der Waals surface area contributed by atoms with Crippen molar-refractivity contribution in [1.29, 1.82) is 0 Å². The van der Waals surface area contributed by atoms with E-state index in [0.717, 1.165) is 54.5 Å². The van der Waals surface area contributed by atoms with Crippen LogP contribution in [-0.4, -0.2) is 52.4 Å². The van der Waals surface area contributed by atoms with E-state index in [4.69, 9.17) is 9.97 Å². The van der Waals surface area contributed by atoms with Gasteiger partial charge < -0.3 is 19.5 Å². The second kappa shape index (κ2) is 7.52. The molecule has 0 amide bonds. The van der Waals surface area contributed by atoms with E-state index < -0.39 is 0 Å². The van der Waals surface area contributed by atoms with Gasteiger partial charge >= 0.3 is 0 Å². The smallest absolute Gasteiger partial charge is 0.229 e. The second-order valence-corrected chi connectivity index (χ2v) is 7.33. The van der Waals surface area contributed by atoms with Gasteiger partial charge in [-0.2, -0.15) is 9.97 Å². The molecule has 0 aliphatic carbocycles. The zero-order chi connectivity index (χ0) is 17.5. The number of aromatic nitrogens is 3. The lowest BCUT2D eigenvalue weighted by Crippen LogP contribution is -2.24. The maximum Gasteiger partial charge on any atom is 0.229 e. The van der Waals surface area contributed by atoms with Crippen molar-refractivity contribution in [3.8, 4) is 0 Å². The molecule has 2 aliphatic rings. The summed E-state index contributed by atoms with van der Waals surface area (Å²) in [5.41, 5.74) is 2.09. The predicted molar refractivity (Wildman–Crippen MR) is 112 cm³/mol. The molecular formula is C20H26ClN5O. The first-order chi connectivity index (χ1) is 12.9. The van der Waals surface area contributed by atoms with Gasteiger partial charge in [-0.15, -0.1) is 12.4 Å². The number of anilines is 2. The predicted octanol–water partition coefficient (Wildman–Crippen LogP) is 3.20. The number of aliphatic hydroxyl groups excluding tert-OH is 1. The second-order valence-electron chi connectivity index (χ2n) is 7.33. The molecule has 2 aromatic heterocycles. The zero-order valence-electron chi connectivity index (χ0n) is 15.5. The fraction of sp³-hybridized carbons (Fsp3) is 0.500. The normalized spacial score (nSPS) is 17.2. The highest BCUT2D eigenvalue weighted by Gasteiger charge is 2.25. The van der Waals surface area contributed by atoms with E-state index in [2.05, 4.69) is 38.6 Å². The van der Waals surface area contributed by atoms with Crippen LogP contribution in [0.15, 0.2) is 24.3 Å². The van der Waals surface area contributed by atoms with Crippen LogP contribution in [0.2, 0.25) is 0 Å². The summed E-state index contributed by atoms with van der Waals surface area (Å²) in [6, 6.07) is 8.41. The van der Waals surface area contributed by atoms with Crippen molar-refractivity contribution >= 4 is 46.1 Å². The first-order valence-electron chi connectivity index (χ1n) is 9.76. The van der Waals surface area contributed by atoms with Gasteiger partial charge in [0.1, 0.15) is 11.5 Å². The van der Waals surface area contributed by atoms with Crippen LogP contribution in [0.25, 0.3) is 21.9 Å². The summed E-state index contributed by atoms with van der Waals surface area (Å²) < 4.78 is 2.16. The van der Waals surface area contributed by atoms with Gasteiger partial charge in [-0.25, -0.2) is 0 Å². The third-order valence-electron chi connectivity index (χ3n) is 5.70. The number of nitrogens with zero attached hydrogens (tertiary/aromatic N) is 5. The summed E-state index contributed by atoms with van der Waals surface area (Å²) in [4.78, 5) is 14.8. The summed E-state index contributed by atoms with van der Waals surface area (Å²) in [6.45, 7) is 4.85. The first kappa shape index (κ1) is 18.3. The average Bonchev–Trinajstić information content (AvgIpc) is 3.43. The van der Waals surface area contributed by atoms with Crippen molar-refractivity contribution in [1.82, 2.24) is 14.5 Å². The van der Waals surface area contributed by atoms with Crippen molar-refractivity contribution in [2.45, 2.75) is 32.2 Å². The Morgan fingerprint density at radius 1 is 0.889 bits per heavy atom. The third kappa shape index (κ3) is 3.01. The van der Waals surface area contributed by atoms with Gasteiger partial charge in [-0.3, -0.25) is 0 Å². The fourth-order valence-electron chi connectivity index (χ4n) is 4.44. The zero-order valence-corrected chi connectivity index (χ0v) is 16.3. The molecule has 144 valence electrons. The number of benzene rings is 1. The van der Waals surface area contributed by atoms with Crippen molar-refractivity contribution in [3.63, 3.8) is 0 Å². The number of hydrogen-bond acceptors (Lipinski definition) is 5. The Balaban J connectivity index is 0.00000180. The maximum atomic E-state index is 9.63. The van der Waals surface area contributed by atoms with Crippen LogP contribution in [0.1, 0.15) is 25.7 Å². The third-order valence-corrected chi connectivity index (χ3v) is 5.70. The van der Waals surface area contributed by atoms with E-state index in [1.807, 2.05) is 0 Å². The highest BCUT2D eigenvalue weighted by Crippen LogP contribution is 2.37. The summed E-state index contributed by atoms with van der Waals surface area (Å²) in [5, 5.41) is 12.0. The Morgan fingerprint density at radius 3 is 2.26 bits per heavy atom. The van der Waals surface area contributed by atoms with Gasteiger partial charge in [0.15, 0.2) is 0 Å². The van der Waals surface area contributed by atoms with E-state index >= 15 is 0 Å². The Bertz CT molecular complexity index is 944. The average molecular weight is 388 g/mol. The Kier molecular flexibility index (Phi) is 5.10. The van der Waals surface area contributed by atoms with Crippen LogP contribution < -0.4 is 9.80 Å². The van der Waals surface area contributed by atoms with Crippen molar-refractivity contribution in [3.05, 3.63) is 24.3 Å². The lowest BCUT2D eigenvalue weighted by molar-refractivity contribution is 0.279. The summed E-state index contributed by atoms with van der Waals surface area (Å²) in [6.07, 6.45) is 4.86. The van der Waals surface area contributed by atoms with Gasteiger partial charge in [0, 0.05) is 38.1 Å². The molecule has 3 aromatic rings. The Morgan fingerprint density at radius 2 is 1.56 bits per heavy atom. The summed E-state index contributed by atoms with van der Waals surface area (Å²) in [7, 11) is 0. The molecule has 0 unspecified atom stereocenters. The minimum absolute atomic E-state index is 0. The van der Waals surface area contributed by atoms with Crippen molar-refractivity contribution < 1.29 is 5.11 Å². The highest BCUT2D eigenvalue weighted by molar-refractivity contribution is 6.12. The molecule has 2 saturated heterocycles. The van der Waals surface area contributed by atoms with E-state index in [1.54, 1.807) is 0 Å². The standard InChI is InChI=1S/C20H25N5O.ClH/c26-14-13-25-16-8-2-1-7-15(16)17-18(23-9-3-4-10-23)21-20(22-19(17)25)24-11-5-6-12-24;/h1-2,7-8,26H,3-6,9-14H2;1H. The minimum atomic E-state index is 0. The summed E-state index contributed by atoms with van der Waals surface area (Å²) >= 11 is 0. The van der Waals surface area contributed by atoms with Gasteiger partial charge in [-0.05, 0) is 31.7 Å². The Hall–Kier alpha value is -2.05. The quantitative estimate of drug-likeness (QED) is 0.745. The van der Waals surface area contributed by atoms with Crippen molar-refractivity contribution in [2.75, 3.05) is 42.6 Å². The van der Waals surface area contributed by atoms with Gasteiger partial charge in [0.05, 0.1) is 17.5 Å². The summed E-state index contributed by atoms with van der Waals surface area (Å²) in [5.74, 6) is 1.92.